The van der Waals surface area contributed by atoms with E-state index in [1.165, 1.54) is 18.1 Å². The van der Waals surface area contributed by atoms with Crippen LogP contribution in [0, 0.1) is 13.8 Å². The Kier molecular flexibility index (Phi) is 5.66. The molecule has 0 unspecified atom stereocenters. The average Bonchev–Trinajstić information content (AvgIpc) is 2.50. The third-order valence-corrected chi connectivity index (χ3v) is 4.21. The summed E-state index contributed by atoms with van der Waals surface area (Å²) >= 11 is 0. The number of phenolic OH excluding ortho intramolecular Hbond substituents is 1. The van der Waals surface area contributed by atoms with Crippen LogP contribution in [0.2, 0.25) is 0 Å². The number of phenols is 1. The Morgan fingerprint density at radius 3 is 2.29 bits per heavy atom. The maximum atomic E-state index is 11.1. The zero-order valence-corrected chi connectivity index (χ0v) is 15.1. The third-order valence-electron chi connectivity index (χ3n) is 4.21. The summed E-state index contributed by atoms with van der Waals surface area (Å²) in [6, 6.07) is 9.79. The number of ether oxygens (including phenoxy) is 1. The van der Waals surface area contributed by atoms with E-state index in [1.54, 1.807) is 6.07 Å². The van der Waals surface area contributed by atoms with Crippen molar-refractivity contribution in [2.45, 2.75) is 47.0 Å². The average molecular weight is 326 g/mol. The summed E-state index contributed by atoms with van der Waals surface area (Å²) < 4.78 is 5.52. The number of carbonyl (C=O) groups is 1. The molecule has 0 amide bonds. The molecule has 0 aromatic heterocycles. The van der Waals surface area contributed by atoms with Crippen molar-refractivity contribution in [1.82, 2.24) is 0 Å². The number of rotatable bonds is 6. The van der Waals surface area contributed by atoms with Gasteiger partial charge in [0.15, 0.2) is 5.78 Å². The van der Waals surface area contributed by atoms with Gasteiger partial charge in [-0.3, -0.25) is 4.79 Å². The Labute approximate surface area is 144 Å². The molecule has 0 radical (unpaired) electrons. The Hall–Kier alpha value is -2.29. The number of aromatic hydroxyl groups is 1. The molecule has 0 saturated carbocycles. The predicted octanol–water partition coefficient (Wildman–Crippen LogP) is 4.69. The molecule has 0 spiro atoms. The third kappa shape index (κ3) is 4.38. The van der Waals surface area contributed by atoms with Crippen molar-refractivity contribution in [3.8, 4) is 11.5 Å². The molecule has 0 atom stereocenters. The number of benzene rings is 2. The SMILES string of the molecule is CC(=O)COc1cc(C)c(Cc2ccc(O)c(C(C)C)c2)c(C)c1. The van der Waals surface area contributed by atoms with Crippen LogP contribution in [0.1, 0.15) is 54.5 Å². The van der Waals surface area contributed by atoms with Crippen molar-refractivity contribution in [2.24, 2.45) is 0 Å². The summed E-state index contributed by atoms with van der Waals surface area (Å²) in [6.45, 7) is 9.91. The highest BCUT2D eigenvalue weighted by atomic mass is 16.5. The fraction of sp³-hybridized carbons (Fsp3) is 0.381. The molecule has 2 aromatic rings. The molecule has 24 heavy (non-hydrogen) atoms. The maximum absolute atomic E-state index is 11.1. The topological polar surface area (TPSA) is 46.5 Å². The highest BCUT2D eigenvalue weighted by Gasteiger charge is 2.11. The lowest BCUT2D eigenvalue weighted by Gasteiger charge is -2.15. The first-order chi connectivity index (χ1) is 11.3. The van der Waals surface area contributed by atoms with Gasteiger partial charge in [-0.25, -0.2) is 0 Å². The monoisotopic (exact) mass is 326 g/mol. The predicted molar refractivity (Wildman–Crippen MR) is 97.1 cm³/mol. The van der Waals surface area contributed by atoms with Gasteiger partial charge >= 0.3 is 0 Å². The number of hydrogen-bond acceptors (Lipinski definition) is 3. The first-order valence-electron chi connectivity index (χ1n) is 8.32. The number of carbonyl (C=O) groups excluding carboxylic acids is 1. The van der Waals surface area contributed by atoms with Crippen LogP contribution < -0.4 is 4.74 Å². The van der Waals surface area contributed by atoms with Gasteiger partial charge in [-0.1, -0.05) is 26.0 Å². The summed E-state index contributed by atoms with van der Waals surface area (Å²) in [5.74, 6) is 1.39. The minimum atomic E-state index is 0.0136. The van der Waals surface area contributed by atoms with Crippen molar-refractivity contribution in [3.63, 3.8) is 0 Å². The molecule has 0 aliphatic carbocycles. The standard InChI is InChI=1S/C21H26O3/c1-13(2)19-10-17(6-7-21(19)23)11-20-14(3)8-18(9-15(20)4)24-12-16(5)22/h6-10,13,23H,11-12H2,1-5H3. The number of Topliss-reactive ketones (excluding diaryl/α,β-unsaturated/α-hetero) is 1. The summed E-state index contributed by atoms with van der Waals surface area (Å²) in [7, 11) is 0. The fourth-order valence-electron chi connectivity index (χ4n) is 2.88. The van der Waals surface area contributed by atoms with Crippen LogP contribution in [0.3, 0.4) is 0 Å². The molecular formula is C21H26O3. The minimum absolute atomic E-state index is 0.0136. The van der Waals surface area contributed by atoms with Gasteiger partial charge in [0.2, 0.25) is 0 Å². The highest BCUT2D eigenvalue weighted by Crippen LogP contribution is 2.29. The van der Waals surface area contributed by atoms with Crippen molar-refractivity contribution >= 4 is 5.78 Å². The van der Waals surface area contributed by atoms with Crippen molar-refractivity contribution in [3.05, 3.63) is 58.1 Å². The first kappa shape index (κ1) is 18.1. The molecule has 2 rings (SSSR count). The minimum Gasteiger partial charge on any atom is -0.508 e. The fourth-order valence-corrected chi connectivity index (χ4v) is 2.88. The second-order valence-electron chi connectivity index (χ2n) is 6.75. The van der Waals surface area contributed by atoms with Crippen LogP contribution >= 0.6 is 0 Å². The van der Waals surface area contributed by atoms with Gasteiger partial charge in [0, 0.05) is 0 Å². The summed E-state index contributed by atoms with van der Waals surface area (Å²) in [6.07, 6.45) is 0.810. The second-order valence-corrected chi connectivity index (χ2v) is 6.75. The molecule has 128 valence electrons. The molecule has 0 aliphatic rings. The van der Waals surface area contributed by atoms with Crippen LogP contribution in [-0.4, -0.2) is 17.5 Å². The van der Waals surface area contributed by atoms with Crippen LogP contribution in [0.4, 0.5) is 0 Å². The van der Waals surface area contributed by atoms with E-state index < -0.39 is 0 Å². The van der Waals surface area contributed by atoms with E-state index in [9.17, 15) is 9.90 Å². The van der Waals surface area contributed by atoms with E-state index in [1.807, 2.05) is 18.2 Å². The molecule has 2 aromatic carbocycles. The Morgan fingerprint density at radius 2 is 1.75 bits per heavy atom. The van der Waals surface area contributed by atoms with Crippen LogP contribution in [0.15, 0.2) is 30.3 Å². The van der Waals surface area contributed by atoms with E-state index in [0.717, 1.165) is 28.9 Å². The van der Waals surface area contributed by atoms with Gasteiger partial charge in [-0.05, 0) is 79.1 Å². The lowest BCUT2D eigenvalue weighted by atomic mass is 9.93. The lowest BCUT2D eigenvalue weighted by molar-refractivity contribution is -0.118. The number of ketones is 1. The molecule has 3 heteroatoms. The van der Waals surface area contributed by atoms with Crippen LogP contribution in [0.25, 0.3) is 0 Å². The number of hydrogen-bond donors (Lipinski definition) is 1. The Morgan fingerprint density at radius 1 is 1.12 bits per heavy atom. The quantitative estimate of drug-likeness (QED) is 0.837. The van der Waals surface area contributed by atoms with Crippen molar-refractivity contribution in [1.29, 1.82) is 0 Å². The lowest BCUT2D eigenvalue weighted by Crippen LogP contribution is -2.07. The number of aryl methyl sites for hydroxylation is 2. The van der Waals surface area contributed by atoms with E-state index in [2.05, 4.69) is 33.8 Å². The maximum Gasteiger partial charge on any atom is 0.167 e. The van der Waals surface area contributed by atoms with E-state index in [4.69, 9.17) is 4.74 Å². The van der Waals surface area contributed by atoms with Gasteiger partial charge in [-0.2, -0.15) is 0 Å². The van der Waals surface area contributed by atoms with Crippen LogP contribution in [-0.2, 0) is 11.2 Å². The molecule has 0 fully saturated rings. The smallest absolute Gasteiger partial charge is 0.167 e. The normalized spacial score (nSPS) is 10.9. The molecule has 0 heterocycles. The summed E-state index contributed by atoms with van der Waals surface area (Å²) in [5, 5.41) is 9.98. The van der Waals surface area contributed by atoms with Crippen molar-refractivity contribution < 1.29 is 14.6 Å². The van der Waals surface area contributed by atoms with Crippen LogP contribution in [0.5, 0.6) is 11.5 Å². The Balaban J connectivity index is 2.27. The zero-order chi connectivity index (χ0) is 17.9. The van der Waals surface area contributed by atoms with E-state index in [-0.39, 0.29) is 18.3 Å². The van der Waals surface area contributed by atoms with E-state index in [0.29, 0.717) is 5.75 Å². The molecule has 3 nitrogen and oxygen atoms in total. The van der Waals surface area contributed by atoms with E-state index >= 15 is 0 Å². The van der Waals surface area contributed by atoms with Gasteiger partial charge in [0.25, 0.3) is 0 Å². The molecule has 0 saturated heterocycles. The summed E-state index contributed by atoms with van der Waals surface area (Å²) in [4.78, 5) is 11.1. The molecule has 1 N–H and O–H groups in total. The molecular weight excluding hydrogens is 300 g/mol. The first-order valence-corrected chi connectivity index (χ1v) is 8.32. The largest absolute Gasteiger partial charge is 0.508 e. The highest BCUT2D eigenvalue weighted by molar-refractivity contribution is 5.77. The summed E-state index contributed by atoms with van der Waals surface area (Å²) in [5.41, 5.74) is 5.70. The Bertz CT molecular complexity index is 722. The van der Waals surface area contributed by atoms with Crippen molar-refractivity contribution in [2.75, 3.05) is 6.61 Å². The molecule has 0 aliphatic heterocycles. The van der Waals surface area contributed by atoms with Gasteiger partial charge in [0.05, 0.1) is 0 Å². The van der Waals surface area contributed by atoms with Gasteiger partial charge < -0.3 is 9.84 Å². The second kappa shape index (κ2) is 7.52. The van der Waals surface area contributed by atoms with Gasteiger partial charge in [-0.15, -0.1) is 0 Å². The van der Waals surface area contributed by atoms with Gasteiger partial charge in [0.1, 0.15) is 18.1 Å². The zero-order valence-electron chi connectivity index (χ0n) is 15.1. The molecule has 0 bridgehead atoms.